The third-order valence-electron chi connectivity index (χ3n) is 2.34. The Hall–Kier alpha value is -0.540. The molecule has 0 heterocycles. The van der Waals surface area contributed by atoms with Crippen LogP contribution in [0.2, 0.25) is 0 Å². The number of benzene rings is 1. The van der Waals surface area contributed by atoms with Crippen LogP contribution in [0.1, 0.15) is 23.7 Å². The molecule has 0 spiro atoms. The summed E-state index contributed by atoms with van der Waals surface area (Å²) in [5, 5.41) is 9.56. The Balaban J connectivity index is 2.50. The summed E-state index contributed by atoms with van der Waals surface area (Å²) in [4.78, 5) is 0. The molecule has 1 unspecified atom stereocenters. The first-order valence-corrected chi connectivity index (χ1v) is 4.78. The number of anilines is 1. The van der Waals surface area contributed by atoms with Crippen LogP contribution in [0.3, 0.4) is 0 Å². The van der Waals surface area contributed by atoms with Crippen LogP contribution in [0.5, 0.6) is 0 Å². The molecule has 2 rings (SSSR count). The molecule has 0 aliphatic heterocycles. The number of halogens is 1. The minimum atomic E-state index is -0.263. The standard InChI is InChI=1S/C9H10BrNO/c10-11-8-3-1-2-7-6(8)4-5-9(7)12/h1-3,9,11-12H,4-5H2. The maximum Gasteiger partial charge on any atom is 0.0796 e. The highest BCUT2D eigenvalue weighted by Crippen LogP contribution is 2.35. The van der Waals surface area contributed by atoms with Gasteiger partial charge in [0.25, 0.3) is 0 Å². The van der Waals surface area contributed by atoms with Crippen molar-refractivity contribution in [3.63, 3.8) is 0 Å². The highest BCUT2D eigenvalue weighted by Gasteiger charge is 2.21. The van der Waals surface area contributed by atoms with E-state index in [0.717, 1.165) is 24.1 Å². The fourth-order valence-corrected chi connectivity index (χ4v) is 2.09. The van der Waals surface area contributed by atoms with Gasteiger partial charge in [0.05, 0.1) is 6.10 Å². The second-order valence-corrected chi connectivity index (χ2v) is 3.42. The second-order valence-electron chi connectivity index (χ2n) is 3.02. The van der Waals surface area contributed by atoms with Crippen LogP contribution < -0.4 is 4.34 Å². The molecule has 0 radical (unpaired) electrons. The van der Waals surface area contributed by atoms with E-state index in [1.54, 1.807) is 0 Å². The Morgan fingerprint density at radius 2 is 2.33 bits per heavy atom. The maximum absolute atomic E-state index is 9.56. The zero-order valence-electron chi connectivity index (χ0n) is 6.55. The zero-order chi connectivity index (χ0) is 8.55. The first kappa shape index (κ1) is 8.08. The van der Waals surface area contributed by atoms with Crippen LogP contribution in [0.15, 0.2) is 18.2 Å². The summed E-state index contributed by atoms with van der Waals surface area (Å²) in [6, 6.07) is 5.95. The van der Waals surface area contributed by atoms with Crippen molar-refractivity contribution in [3.05, 3.63) is 29.3 Å². The second kappa shape index (κ2) is 3.07. The molecule has 0 aromatic heterocycles. The molecule has 0 fully saturated rings. The van der Waals surface area contributed by atoms with E-state index in [1.165, 1.54) is 5.56 Å². The monoisotopic (exact) mass is 227 g/mol. The third kappa shape index (κ3) is 1.13. The number of aliphatic hydroxyl groups excluding tert-OH is 1. The lowest BCUT2D eigenvalue weighted by atomic mass is 10.1. The van der Waals surface area contributed by atoms with Gasteiger partial charge < -0.3 is 9.45 Å². The lowest BCUT2D eigenvalue weighted by Crippen LogP contribution is -1.91. The number of nitrogens with one attached hydrogen (secondary N) is 1. The van der Waals surface area contributed by atoms with Gasteiger partial charge in [0.1, 0.15) is 0 Å². The largest absolute Gasteiger partial charge is 0.388 e. The molecule has 3 heteroatoms. The SMILES string of the molecule is OC1CCc2c(NBr)cccc21. The smallest absolute Gasteiger partial charge is 0.0796 e. The van der Waals surface area contributed by atoms with Gasteiger partial charge in [-0.15, -0.1) is 0 Å². The van der Waals surface area contributed by atoms with Crippen LogP contribution in [-0.2, 0) is 6.42 Å². The molecule has 1 aliphatic rings. The van der Waals surface area contributed by atoms with E-state index in [1.807, 2.05) is 18.2 Å². The van der Waals surface area contributed by atoms with Crippen molar-refractivity contribution in [2.75, 3.05) is 4.34 Å². The van der Waals surface area contributed by atoms with Gasteiger partial charge >= 0.3 is 0 Å². The average Bonchev–Trinajstić information content (AvgIpc) is 2.48. The first-order chi connectivity index (χ1) is 5.83. The number of fused-ring (bicyclic) bond motifs is 1. The summed E-state index contributed by atoms with van der Waals surface area (Å²) in [5.74, 6) is 0. The topological polar surface area (TPSA) is 32.3 Å². The van der Waals surface area contributed by atoms with Gasteiger partial charge in [0, 0.05) is 21.8 Å². The Morgan fingerprint density at radius 1 is 1.50 bits per heavy atom. The van der Waals surface area contributed by atoms with E-state index in [4.69, 9.17) is 0 Å². The van der Waals surface area contributed by atoms with Gasteiger partial charge in [-0.2, -0.15) is 0 Å². The summed E-state index contributed by atoms with van der Waals surface area (Å²) >= 11 is 3.20. The van der Waals surface area contributed by atoms with E-state index in [9.17, 15) is 5.11 Å². The molecule has 12 heavy (non-hydrogen) atoms. The third-order valence-corrected chi connectivity index (χ3v) is 2.77. The van der Waals surface area contributed by atoms with Crippen LogP contribution in [-0.4, -0.2) is 5.11 Å². The fraction of sp³-hybridized carbons (Fsp3) is 0.333. The number of rotatable bonds is 1. The molecule has 1 aliphatic carbocycles. The van der Waals surface area contributed by atoms with Crippen molar-refractivity contribution in [2.45, 2.75) is 18.9 Å². The predicted molar refractivity (Wildman–Crippen MR) is 52.3 cm³/mol. The van der Waals surface area contributed by atoms with Gasteiger partial charge in [-0.05, 0) is 30.0 Å². The van der Waals surface area contributed by atoms with Crippen molar-refractivity contribution in [2.24, 2.45) is 0 Å². The Morgan fingerprint density at radius 3 is 3.08 bits per heavy atom. The number of hydrogen-bond acceptors (Lipinski definition) is 2. The summed E-state index contributed by atoms with van der Waals surface area (Å²) in [6.07, 6.45) is 1.55. The molecular weight excluding hydrogens is 218 g/mol. The number of hydrogen-bond donors (Lipinski definition) is 2. The lowest BCUT2D eigenvalue weighted by Gasteiger charge is -2.06. The summed E-state index contributed by atoms with van der Waals surface area (Å²) in [7, 11) is 0. The summed E-state index contributed by atoms with van der Waals surface area (Å²) < 4.78 is 2.95. The highest BCUT2D eigenvalue weighted by molar-refractivity contribution is 9.10. The summed E-state index contributed by atoms with van der Waals surface area (Å²) in [5.41, 5.74) is 3.38. The Kier molecular flexibility index (Phi) is 2.07. The molecular formula is C9H10BrNO. The summed E-state index contributed by atoms with van der Waals surface area (Å²) in [6.45, 7) is 0. The first-order valence-electron chi connectivity index (χ1n) is 3.99. The van der Waals surface area contributed by atoms with Crippen molar-refractivity contribution < 1.29 is 5.11 Å². The maximum atomic E-state index is 9.56. The molecule has 0 saturated heterocycles. The molecule has 0 amide bonds. The lowest BCUT2D eigenvalue weighted by molar-refractivity contribution is 0.180. The normalized spacial score (nSPS) is 20.7. The fourth-order valence-electron chi connectivity index (χ4n) is 1.72. The molecule has 2 N–H and O–H groups in total. The van der Waals surface area contributed by atoms with E-state index >= 15 is 0 Å². The average molecular weight is 228 g/mol. The van der Waals surface area contributed by atoms with Crippen LogP contribution in [0.25, 0.3) is 0 Å². The minimum Gasteiger partial charge on any atom is -0.388 e. The van der Waals surface area contributed by atoms with E-state index in [0.29, 0.717) is 0 Å². The predicted octanol–water partition coefficient (Wildman–Crippen LogP) is 2.39. The zero-order valence-corrected chi connectivity index (χ0v) is 8.13. The van der Waals surface area contributed by atoms with Crippen molar-refractivity contribution in [1.82, 2.24) is 0 Å². The molecule has 0 saturated carbocycles. The molecule has 1 aromatic rings. The Bertz CT molecular complexity index is 301. The molecule has 1 atom stereocenters. The number of aliphatic hydroxyl groups is 1. The van der Waals surface area contributed by atoms with Crippen LogP contribution in [0.4, 0.5) is 5.69 Å². The quantitative estimate of drug-likeness (QED) is 0.723. The van der Waals surface area contributed by atoms with Gasteiger partial charge in [0.15, 0.2) is 0 Å². The van der Waals surface area contributed by atoms with Gasteiger partial charge in [-0.25, -0.2) is 0 Å². The van der Waals surface area contributed by atoms with E-state index < -0.39 is 0 Å². The minimum absolute atomic E-state index is 0.263. The molecule has 2 nitrogen and oxygen atoms in total. The van der Waals surface area contributed by atoms with Crippen molar-refractivity contribution in [3.8, 4) is 0 Å². The molecule has 1 aromatic carbocycles. The van der Waals surface area contributed by atoms with E-state index in [2.05, 4.69) is 20.5 Å². The van der Waals surface area contributed by atoms with E-state index in [-0.39, 0.29) is 6.10 Å². The van der Waals surface area contributed by atoms with Crippen LogP contribution >= 0.6 is 16.1 Å². The highest BCUT2D eigenvalue weighted by atomic mass is 79.9. The molecule has 64 valence electrons. The van der Waals surface area contributed by atoms with Gasteiger partial charge in [-0.3, -0.25) is 0 Å². The van der Waals surface area contributed by atoms with Crippen LogP contribution in [0, 0.1) is 0 Å². The van der Waals surface area contributed by atoms with Gasteiger partial charge in [0.2, 0.25) is 0 Å². The van der Waals surface area contributed by atoms with Crippen molar-refractivity contribution >= 4 is 21.8 Å². The Labute approximate surface area is 79.9 Å². The van der Waals surface area contributed by atoms with Crippen molar-refractivity contribution in [1.29, 1.82) is 0 Å². The van der Waals surface area contributed by atoms with Gasteiger partial charge in [-0.1, -0.05) is 12.1 Å². The molecule has 0 bridgehead atoms.